The number of aromatic nitrogens is 4. The van der Waals surface area contributed by atoms with E-state index in [4.69, 9.17) is 4.74 Å². The number of benzene rings is 1. The molecule has 0 aliphatic carbocycles. The summed E-state index contributed by atoms with van der Waals surface area (Å²) in [6.45, 7) is -0.0453. The first-order valence-electron chi connectivity index (χ1n) is 10.7. The average molecular weight is 494 g/mol. The van der Waals surface area contributed by atoms with Crippen molar-refractivity contribution in [3.63, 3.8) is 0 Å². The van der Waals surface area contributed by atoms with Crippen LogP contribution in [0.25, 0.3) is 11.2 Å². The number of rotatable bonds is 7. The van der Waals surface area contributed by atoms with Gasteiger partial charge in [-0.3, -0.25) is 18.7 Å². The van der Waals surface area contributed by atoms with Gasteiger partial charge in [-0.25, -0.2) is 22.6 Å². The van der Waals surface area contributed by atoms with Gasteiger partial charge in [0.15, 0.2) is 11.2 Å². The molecule has 1 aromatic carbocycles. The van der Waals surface area contributed by atoms with Crippen LogP contribution in [0.1, 0.15) is 19.3 Å². The standard InChI is InChI=1S/C21H24FN5O6S/c1-24-13-23-18-17(24)19(28)26(21(30)25(18)2)10-6-12-33-20(29)15-8-5-11-27(15)34(31,32)16-9-4-3-7-14(16)22/h3-4,7,9,13,15H,5-6,8,10-12H2,1-2H3. The van der Waals surface area contributed by atoms with Gasteiger partial charge in [0, 0.05) is 27.2 Å². The molecule has 0 N–H and O–H groups in total. The molecule has 1 saturated heterocycles. The van der Waals surface area contributed by atoms with Crippen LogP contribution in [-0.2, 0) is 40.2 Å². The van der Waals surface area contributed by atoms with Crippen molar-refractivity contribution in [2.45, 2.75) is 36.7 Å². The fourth-order valence-corrected chi connectivity index (χ4v) is 5.84. The second kappa shape index (κ2) is 9.14. The van der Waals surface area contributed by atoms with Gasteiger partial charge in [0.05, 0.1) is 12.9 Å². The number of carbonyl (C=O) groups excluding carboxylic acids is 1. The maximum absolute atomic E-state index is 14.1. The molecule has 1 aliphatic heterocycles. The third-order valence-electron chi connectivity index (χ3n) is 5.87. The maximum atomic E-state index is 14.1. The van der Waals surface area contributed by atoms with Crippen LogP contribution in [-0.4, -0.2) is 56.6 Å². The quantitative estimate of drug-likeness (QED) is 0.344. The van der Waals surface area contributed by atoms with Gasteiger partial charge in [-0.2, -0.15) is 4.31 Å². The zero-order valence-corrected chi connectivity index (χ0v) is 19.5. The van der Waals surface area contributed by atoms with Crippen molar-refractivity contribution >= 4 is 27.2 Å². The van der Waals surface area contributed by atoms with Crippen molar-refractivity contribution in [2.75, 3.05) is 13.2 Å². The predicted octanol–water partition coefficient (Wildman–Crippen LogP) is 0.359. The largest absolute Gasteiger partial charge is 0.464 e. The molecular formula is C21H24FN5O6S. The molecule has 0 radical (unpaired) electrons. The molecule has 182 valence electrons. The van der Waals surface area contributed by atoms with Crippen LogP contribution >= 0.6 is 0 Å². The third kappa shape index (κ3) is 4.05. The molecule has 4 rings (SSSR count). The van der Waals surface area contributed by atoms with E-state index in [0.29, 0.717) is 6.42 Å². The minimum atomic E-state index is -4.21. The average Bonchev–Trinajstić information content (AvgIpc) is 3.45. The Morgan fingerprint density at radius 3 is 2.71 bits per heavy atom. The van der Waals surface area contributed by atoms with E-state index in [1.807, 2.05) is 0 Å². The molecule has 0 bridgehead atoms. The Balaban J connectivity index is 1.43. The Kier molecular flexibility index (Phi) is 6.41. The Morgan fingerprint density at radius 2 is 1.97 bits per heavy atom. The third-order valence-corrected chi connectivity index (χ3v) is 7.81. The molecule has 3 aromatic rings. The highest BCUT2D eigenvalue weighted by molar-refractivity contribution is 7.89. The topological polar surface area (TPSA) is 126 Å². The van der Waals surface area contributed by atoms with Crippen LogP contribution in [0.5, 0.6) is 0 Å². The number of esters is 1. The number of hydrogen-bond acceptors (Lipinski definition) is 7. The summed E-state index contributed by atoms with van der Waals surface area (Å²) in [6.07, 6.45) is 2.30. The van der Waals surface area contributed by atoms with E-state index in [0.717, 1.165) is 21.0 Å². The molecule has 1 aliphatic rings. The number of carbonyl (C=O) groups is 1. The van der Waals surface area contributed by atoms with Crippen molar-refractivity contribution in [1.29, 1.82) is 0 Å². The minimum absolute atomic E-state index is 0.00180. The summed E-state index contributed by atoms with van der Waals surface area (Å²) in [5.41, 5.74) is -0.487. The minimum Gasteiger partial charge on any atom is -0.464 e. The molecule has 0 amide bonds. The van der Waals surface area contributed by atoms with Crippen molar-refractivity contribution in [3.05, 3.63) is 57.2 Å². The second-order valence-corrected chi connectivity index (χ2v) is 9.91. The molecule has 34 heavy (non-hydrogen) atoms. The zero-order chi connectivity index (χ0) is 24.6. The summed E-state index contributed by atoms with van der Waals surface area (Å²) in [7, 11) is -1.05. The van der Waals surface area contributed by atoms with E-state index in [1.54, 1.807) is 7.05 Å². The highest BCUT2D eigenvalue weighted by atomic mass is 32.2. The van der Waals surface area contributed by atoms with E-state index in [2.05, 4.69) is 4.98 Å². The van der Waals surface area contributed by atoms with E-state index in [-0.39, 0.29) is 43.7 Å². The van der Waals surface area contributed by atoms with Crippen LogP contribution in [0.15, 0.2) is 45.1 Å². The Morgan fingerprint density at radius 1 is 1.24 bits per heavy atom. The lowest BCUT2D eigenvalue weighted by Gasteiger charge is -2.23. The zero-order valence-electron chi connectivity index (χ0n) is 18.7. The predicted molar refractivity (Wildman–Crippen MR) is 119 cm³/mol. The SMILES string of the molecule is Cn1cnc2c1c(=O)n(CCCOC(=O)C1CCCN1S(=O)(=O)c1ccccc1F)c(=O)n2C. The monoisotopic (exact) mass is 493 g/mol. The number of fused-ring (bicyclic) bond motifs is 1. The van der Waals surface area contributed by atoms with E-state index in [9.17, 15) is 27.2 Å². The van der Waals surface area contributed by atoms with Gasteiger partial charge < -0.3 is 9.30 Å². The van der Waals surface area contributed by atoms with Gasteiger partial charge in [-0.05, 0) is 31.4 Å². The molecule has 11 nitrogen and oxygen atoms in total. The molecule has 3 heterocycles. The molecule has 1 unspecified atom stereocenters. The Hall–Kier alpha value is -3.32. The highest BCUT2D eigenvalue weighted by Gasteiger charge is 2.41. The van der Waals surface area contributed by atoms with Crippen molar-refractivity contribution in [1.82, 2.24) is 23.0 Å². The Labute approximate surface area is 194 Å². The van der Waals surface area contributed by atoms with Crippen LogP contribution in [0.4, 0.5) is 4.39 Å². The van der Waals surface area contributed by atoms with Crippen LogP contribution in [0.3, 0.4) is 0 Å². The van der Waals surface area contributed by atoms with Crippen LogP contribution in [0.2, 0.25) is 0 Å². The number of aryl methyl sites for hydroxylation is 2. The van der Waals surface area contributed by atoms with Crippen LogP contribution in [0, 0.1) is 5.82 Å². The lowest BCUT2D eigenvalue weighted by molar-refractivity contribution is -0.147. The normalized spacial score (nSPS) is 16.9. The fraction of sp³-hybridized carbons (Fsp3) is 0.429. The summed E-state index contributed by atoms with van der Waals surface area (Å²) in [6, 6.07) is 3.93. The number of imidazole rings is 1. The van der Waals surface area contributed by atoms with Crippen molar-refractivity contribution in [2.24, 2.45) is 14.1 Å². The van der Waals surface area contributed by atoms with Gasteiger partial charge in [0.1, 0.15) is 16.8 Å². The molecule has 1 atom stereocenters. The van der Waals surface area contributed by atoms with Crippen LogP contribution < -0.4 is 11.2 Å². The molecule has 0 spiro atoms. The molecular weight excluding hydrogens is 469 g/mol. The maximum Gasteiger partial charge on any atom is 0.332 e. The van der Waals surface area contributed by atoms with Gasteiger partial charge in [-0.1, -0.05) is 12.1 Å². The van der Waals surface area contributed by atoms with E-state index in [1.165, 1.54) is 34.6 Å². The molecule has 13 heteroatoms. The van der Waals surface area contributed by atoms with E-state index >= 15 is 0 Å². The number of nitrogens with zero attached hydrogens (tertiary/aromatic N) is 5. The summed E-state index contributed by atoms with van der Waals surface area (Å²) in [4.78, 5) is 41.5. The first-order valence-corrected chi connectivity index (χ1v) is 12.1. The van der Waals surface area contributed by atoms with Gasteiger partial charge in [-0.15, -0.1) is 0 Å². The van der Waals surface area contributed by atoms with Gasteiger partial charge in [0.2, 0.25) is 10.0 Å². The number of ether oxygens (including phenoxy) is 1. The van der Waals surface area contributed by atoms with E-state index < -0.39 is 44.0 Å². The van der Waals surface area contributed by atoms with Crippen molar-refractivity contribution < 1.29 is 22.3 Å². The number of sulfonamides is 1. The number of halogens is 1. The Bertz CT molecular complexity index is 1480. The fourth-order valence-electron chi connectivity index (χ4n) is 4.13. The molecule has 2 aromatic heterocycles. The number of hydrogen-bond donors (Lipinski definition) is 0. The highest BCUT2D eigenvalue weighted by Crippen LogP contribution is 2.28. The smallest absolute Gasteiger partial charge is 0.332 e. The lowest BCUT2D eigenvalue weighted by atomic mass is 10.2. The summed E-state index contributed by atoms with van der Waals surface area (Å²) >= 11 is 0. The molecule has 1 fully saturated rings. The first-order chi connectivity index (χ1) is 16.1. The van der Waals surface area contributed by atoms with Gasteiger partial charge >= 0.3 is 11.7 Å². The second-order valence-electron chi connectivity index (χ2n) is 8.05. The first kappa shape index (κ1) is 23.8. The summed E-state index contributed by atoms with van der Waals surface area (Å²) in [5.74, 6) is -1.64. The lowest BCUT2D eigenvalue weighted by Crippen LogP contribution is -2.42. The summed E-state index contributed by atoms with van der Waals surface area (Å²) < 4.78 is 50.0. The van der Waals surface area contributed by atoms with Gasteiger partial charge in [0.25, 0.3) is 5.56 Å². The summed E-state index contributed by atoms with van der Waals surface area (Å²) in [5, 5.41) is 0. The molecule has 0 saturated carbocycles. The van der Waals surface area contributed by atoms with Crippen molar-refractivity contribution in [3.8, 4) is 0 Å².